The second-order valence-electron chi connectivity index (χ2n) is 4.41. The van der Waals surface area contributed by atoms with Crippen molar-refractivity contribution in [2.75, 3.05) is 6.26 Å². The Morgan fingerprint density at radius 2 is 1.93 bits per heavy atom. The van der Waals surface area contributed by atoms with Gasteiger partial charge in [-0.25, -0.2) is 8.42 Å². The Kier molecular flexibility index (Phi) is 2.17. The van der Waals surface area contributed by atoms with Crippen LogP contribution in [0.3, 0.4) is 0 Å². The predicted octanol–water partition coefficient (Wildman–Crippen LogP) is 1.35. The van der Waals surface area contributed by atoms with Crippen LogP contribution in [0, 0.1) is 6.92 Å². The van der Waals surface area contributed by atoms with Gasteiger partial charge in [-0.15, -0.1) is 0 Å². The molecule has 0 saturated heterocycles. The molecule has 1 aromatic rings. The molecule has 2 N–H and O–H groups in total. The average molecular weight is 225 g/mol. The van der Waals surface area contributed by atoms with Crippen LogP contribution in [0.5, 0.6) is 0 Å². The molecule has 0 aliphatic heterocycles. The molecule has 0 atom stereocenters. The topological polar surface area (TPSA) is 60.2 Å². The van der Waals surface area contributed by atoms with Crippen LogP contribution in [0.1, 0.15) is 24.0 Å². The maximum Gasteiger partial charge on any atom is 0.175 e. The summed E-state index contributed by atoms with van der Waals surface area (Å²) < 4.78 is 23.0. The van der Waals surface area contributed by atoms with Crippen LogP contribution in [0.25, 0.3) is 0 Å². The summed E-state index contributed by atoms with van der Waals surface area (Å²) in [5.74, 6) is 0. The highest BCUT2D eigenvalue weighted by Crippen LogP contribution is 2.43. The van der Waals surface area contributed by atoms with E-state index in [4.69, 9.17) is 5.73 Å². The van der Waals surface area contributed by atoms with Gasteiger partial charge in [0.2, 0.25) is 0 Å². The van der Waals surface area contributed by atoms with Crippen molar-refractivity contribution in [3.05, 3.63) is 29.3 Å². The van der Waals surface area contributed by atoms with Crippen LogP contribution in [-0.4, -0.2) is 14.7 Å². The third-order valence-electron chi connectivity index (χ3n) is 2.95. The van der Waals surface area contributed by atoms with Crippen LogP contribution in [-0.2, 0) is 15.4 Å². The SMILES string of the molecule is Cc1ccc(C2(N)CC2)cc1S(C)(=O)=O. The van der Waals surface area contributed by atoms with Gasteiger partial charge in [-0.05, 0) is 37.0 Å². The Balaban J connectivity index is 2.56. The van der Waals surface area contributed by atoms with E-state index in [2.05, 4.69) is 0 Å². The molecule has 4 heteroatoms. The number of benzene rings is 1. The fourth-order valence-corrected chi connectivity index (χ4v) is 2.73. The summed E-state index contributed by atoms with van der Waals surface area (Å²) in [6, 6.07) is 5.48. The maximum absolute atomic E-state index is 11.5. The number of aryl methyl sites for hydroxylation is 1. The van der Waals surface area contributed by atoms with Crippen LogP contribution < -0.4 is 5.73 Å². The van der Waals surface area contributed by atoms with Crippen molar-refractivity contribution in [1.29, 1.82) is 0 Å². The van der Waals surface area contributed by atoms with E-state index in [1.165, 1.54) is 6.26 Å². The molecule has 0 unspecified atom stereocenters. The summed E-state index contributed by atoms with van der Waals surface area (Å²) >= 11 is 0. The molecule has 82 valence electrons. The summed E-state index contributed by atoms with van der Waals surface area (Å²) in [5, 5.41) is 0. The highest BCUT2D eigenvalue weighted by molar-refractivity contribution is 7.90. The monoisotopic (exact) mass is 225 g/mol. The van der Waals surface area contributed by atoms with Gasteiger partial charge in [0.25, 0.3) is 0 Å². The Bertz CT molecular complexity index is 501. The first-order chi connectivity index (χ1) is 6.83. The summed E-state index contributed by atoms with van der Waals surface area (Å²) in [6.07, 6.45) is 3.12. The minimum atomic E-state index is -3.14. The Morgan fingerprint density at radius 3 is 2.40 bits per heavy atom. The van der Waals surface area contributed by atoms with Gasteiger partial charge in [0.1, 0.15) is 0 Å². The van der Waals surface area contributed by atoms with Crippen molar-refractivity contribution in [2.45, 2.75) is 30.2 Å². The fourth-order valence-electron chi connectivity index (χ4n) is 1.73. The van der Waals surface area contributed by atoms with Crippen molar-refractivity contribution in [1.82, 2.24) is 0 Å². The van der Waals surface area contributed by atoms with Crippen LogP contribution in [0.15, 0.2) is 23.1 Å². The molecule has 0 aromatic heterocycles. The van der Waals surface area contributed by atoms with Crippen molar-refractivity contribution in [3.8, 4) is 0 Å². The summed E-state index contributed by atoms with van der Waals surface area (Å²) in [5.41, 5.74) is 7.49. The molecular weight excluding hydrogens is 210 g/mol. The predicted molar refractivity (Wildman–Crippen MR) is 59.4 cm³/mol. The third-order valence-corrected chi connectivity index (χ3v) is 4.19. The van der Waals surface area contributed by atoms with Crippen LogP contribution in [0.2, 0.25) is 0 Å². The molecule has 0 amide bonds. The summed E-state index contributed by atoms with van der Waals surface area (Å²) in [7, 11) is -3.14. The molecule has 2 rings (SSSR count). The first-order valence-electron chi connectivity index (χ1n) is 4.93. The number of hydrogen-bond donors (Lipinski definition) is 1. The molecule has 1 saturated carbocycles. The van der Waals surface area contributed by atoms with E-state index in [1.807, 2.05) is 12.1 Å². The van der Waals surface area contributed by atoms with Crippen molar-refractivity contribution < 1.29 is 8.42 Å². The maximum atomic E-state index is 11.5. The molecule has 1 fully saturated rings. The number of nitrogens with two attached hydrogens (primary N) is 1. The molecule has 0 heterocycles. The van der Waals surface area contributed by atoms with Gasteiger partial charge in [-0.2, -0.15) is 0 Å². The van der Waals surface area contributed by atoms with E-state index in [9.17, 15) is 8.42 Å². The lowest BCUT2D eigenvalue weighted by Gasteiger charge is -2.12. The van der Waals surface area contributed by atoms with E-state index >= 15 is 0 Å². The molecule has 1 aliphatic rings. The molecule has 0 spiro atoms. The number of hydrogen-bond acceptors (Lipinski definition) is 3. The fraction of sp³-hybridized carbons (Fsp3) is 0.455. The first-order valence-corrected chi connectivity index (χ1v) is 6.82. The average Bonchev–Trinajstić information content (AvgIpc) is 2.83. The standard InChI is InChI=1S/C11H15NO2S/c1-8-3-4-9(11(12)5-6-11)7-10(8)15(2,13)14/h3-4,7H,5-6,12H2,1-2H3. The third kappa shape index (κ3) is 1.92. The highest BCUT2D eigenvalue weighted by Gasteiger charge is 2.40. The normalized spacial score (nSPS) is 18.9. The van der Waals surface area contributed by atoms with E-state index in [1.54, 1.807) is 13.0 Å². The molecule has 1 aliphatic carbocycles. The van der Waals surface area contributed by atoms with E-state index in [0.29, 0.717) is 4.90 Å². The Labute approximate surface area is 90.2 Å². The van der Waals surface area contributed by atoms with Crippen molar-refractivity contribution in [2.24, 2.45) is 5.73 Å². The lowest BCUT2D eigenvalue weighted by molar-refractivity contribution is 0.600. The van der Waals surface area contributed by atoms with Crippen LogP contribution >= 0.6 is 0 Å². The van der Waals surface area contributed by atoms with E-state index in [0.717, 1.165) is 24.0 Å². The van der Waals surface area contributed by atoms with Crippen molar-refractivity contribution >= 4 is 9.84 Å². The summed E-state index contributed by atoms with van der Waals surface area (Å²) in [6.45, 7) is 1.80. The minimum absolute atomic E-state index is 0.271. The quantitative estimate of drug-likeness (QED) is 0.826. The van der Waals surface area contributed by atoms with Crippen LogP contribution in [0.4, 0.5) is 0 Å². The van der Waals surface area contributed by atoms with Gasteiger partial charge in [-0.1, -0.05) is 12.1 Å². The van der Waals surface area contributed by atoms with Gasteiger partial charge in [-0.3, -0.25) is 0 Å². The molecule has 3 nitrogen and oxygen atoms in total. The summed E-state index contributed by atoms with van der Waals surface area (Å²) in [4.78, 5) is 0.400. The second kappa shape index (κ2) is 3.06. The molecule has 0 radical (unpaired) electrons. The number of sulfone groups is 1. The largest absolute Gasteiger partial charge is 0.321 e. The molecule has 1 aromatic carbocycles. The zero-order valence-electron chi connectivity index (χ0n) is 8.95. The first kappa shape index (κ1) is 10.6. The molecular formula is C11H15NO2S. The zero-order chi connectivity index (χ0) is 11.3. The van der Waals surface area contributed by atoms with Gasteiger partial charge in [0.15, 0.2) is 9.84 Å². The highest BCUT2D eigenvalue weighted by atomic mass is 32.2. The van der Waals surface area contributed by atoms with Gasteiger partial charge in [0.05, 0.1) is 4.90 Å². The van der Waals surface area contributed by atoms with Gasteiger partial charge >= 0.3 is 0 Å². The lowest BCUT2D eigenvalue weighted by Crippen LogP contribution is -2.19. The van der Waals surface area contributed by atoms with Crippen molar-refractivity contribution in [3.63, 3.8) is 0 Å². The minimum Gasteiger partial charge on any atom is -0.321 e. The number of rotatable bonds is 2. The molecule has 15 heavy (non-hydrogen) atoms. The van der Waals surface area contributed by atoms with Gasteiger partial charge < -0.3 is 5.73 Å². The Hall–Kier alpha value is -0.870. The second-order valence-corrected chi connectivity index (χ2v) is 6.39. The van der Waals surface area contributed by atoms with E-state index in [-0.39, 0.29) is 5.54 Å². The smallest absolute Gasteiger partial charge is 0.175 e. The lowest BCUT2D eigenvalue weighted by atomic mass is 10.0. The zero-order valence-corrected chi connectivity index (χ0v) is 9.76. The van der Waals surface area contributed by atoms with E-state index < -0.39 is 9.84 Å². The van der Waals surface area contributed by atoms with Gasteiger partial charge in [0, 0.05) is 11.8 Å². The Morgan fingerprint density at radius 1 is 1.33 bits per heavy atom. The molecule has 0 bridgehead atoms.